The molecule has 1 N–H and O–H groups in total. The summed E-state index contributed by atoms with van der Waals surface area (Å²) in [5.41, 5.74) is 2.88. The molecule has 146 valence electrons. The van der Waals surface area contributed by atoms with Crippen molar-refractivity contribution in [1.82, 2.24) is 14.8 Å². The van der Waals surface area contributed by atoms with Crippen LogP contribution in [0.2, 0.25) is 5.02 Å². The van der Waals surface area contributed by atoms with Crippen LogP contribution in [-0.2, 0) is 18.4 Å². The molecule has 0 bridgehead atoms. The van der Waals surface area contributed by atoms with Crippen molar-refractivity contribution in [3.8, 4) is 5.75 Å². The molecule has 8 heteroatoms. The van der Waals surface area contributed by atoms with Gasteiger partial charge in [-0.2, -0.15) is 0 Å². The minimum absolute atomic E-state index is 0.0914. The number of carbonyl (C=O) groups is 1. The Labute approximate surface area is 173 Å². The molecule has 0 aliphatic carbocycles. The van der Waals surface area contributed by atoms with Crippen molar-refractivity contribution in [2.75, 3.05) is 11.1 Å². The highest BCUT2D eigenvalue weighted by Crippen LogP contribution is 2.22. The number of amides is 1. The van der Waals surface area contributed by atoms with Gasteiger partial charge in [0, 0.05) is 17.8 Å². The van der Waals surface area contributed by atoms with Crippen molar-refractivity contribution in [1.29, 1.82) is 0 Å². The lowest BCUT2D eigenvalue weighted by atomic mass is 10.2. The monoisotopic (exact) mass is 416 g/mol. The lowest BCUT2D eigenvalue weighted by molar-refractivity contribution is -0.113. The Morgan fingerprint density at radius 3 is 2.64 bits per heavy atom. The van der Waals surface area contributed by atoms with E-state index in [9.17, 15) is 4.79 Å². The number of anilines is 1. The first-order valence-electron chi connectivity index (χ1n) is 8.69. The second kappa shape index (κ2) is 9.12. The van der Waals surface area contributed by atoms with Crippen molar-refractivity contribution >= 4 is 35.0 Å². The Morgan fingerprint density at radius 1 is 1.18 bits per heavy atom. The van der Waals surface area contributed by atoms with Crippen LogP contribution in [0.5, 0.6) is 5.75 Å². The lowest BCUT2D eigenvalue weighted by Gasteiger charge is -2.08. The molecule has 0 aliphatic heterocycles. The average Bonchev–Trinajstić information content (AvgIpc) is 3.03. The van der Waals surface area contributed by atoms with Gasteiger partial charge in [-0.1, -0.05) is 41.1 Å². The van der Waals surface area contributed by atoms with Gasteiger partial charge in [-0.3, -0.25) is 4.79 Å². The van der Waals surface area contributed by atoms with Gasteiger partial charge in [0.25, 0.3) is 0 Å². The first-order chi connectivity index (χ1) is 13.4. The van der Waals surface area contributed by atoms with Crippen LogP contribution < -0.4 is 10.1 Å². The van der Waals surface area contributed by atoms with E-state index in [1.807, 2.05) is 61.9 Å². The number of rotatable bonds is 7. The summed E-state index contributed by atoms with van der Waals surface area (Å²) in [6.45, 7) is 4.21. The molecule has 0 unspecified atom stereocenters. The molecule has 3 aromatic rings. The van der Waals surface area contributed by atoms with E-state index in [-0.39, 0.29) is 18.3 Å². The van der Waals surface area contributed by atoms with Gasteiger partial charge in [0.2, 0.25) is 5.91 Å². The van der Waals surface area contributed by atoms with Crippen LogP contribution in [0.4, 0.5) is 5.69 Å². The smallest absolute Gasteiger partial charge is 0.234 e. The largest absolute Gasteiger partial charge is 0.486 e. The molecule has 1 aromatic heterocycles. The summed E-state index contributed by atoms with van der Waals surface area (Å²) in [5.74, 6) is 1.55. The van der Waals surface area contributed by atoms with E-state index in [1.54, 1.807) is 6.07 Å². The van der Waals surface area contributed by atoms with Gasteiger partial charge in [-0.25, -0.2) is 0 Å². The number of aryl methyl sites for hydroxylation is 2. The fraction of sp³-hybridized carbons (Fsp3) is 0.250. The van der Waals surface area contributed by atoms with E-state index in [4.69, 9.17) is 16.3 Å². The number of nitrogens with one attached hydrogen (secondary N) is 1. The van der Waals surface area contributed by atoms with Crippen LogP contribution in [0.15, 0.2) is 47.6 Å². The maximum atomic E-state index is 12.1. The van der Waals surface area contributed by atoms with Gasteiger partial charge >= 0.3 is 0 Å². The van der Waals surface area contributed by atoms with E-state index >= 15 is 0 Å². The maximum absolute atomic E-state index is 12.1. The third kappa shape index (κ3) is 5.27. The predicted molar refractivity (Wildman–Crippen MR) is 112 cm³/mol. The van der Waals surface area contributed by atoms with E-state index < -0.39 is 0 Å². The molecule has 3 rings (SSSR count). The highest BCUT2D eigenvalue weighted by atomic mass is 35.5. The van der Waals surface area contributed by atoms with Gasteiger partial charge in [0.1, 0.15) is 12.4 Å². The number of nitrogens with zero attached hydrogens (tertiary/aromatic N) is 3. The summed E-state index contributed by atoms with van der Waals surface area (Å²) in [6, 6.07) is 13.2. The van der Waals surface area contributed by atoms with Gasteiger partial charge in [-0.05, 0) is 49.7 Å². The van der Waals surface area contributed by atoms with Gasteiger partial charge < -0.3 is 14.6 Å². The van der Waals surface area contributed by atoms with Gasteiger partial charge in [-0.15, -0.1) is 10.2 Å². The number of ether oxygens (including phenoxy) is 1. The minimum atomic E-state index is -0.0914. The van der Waals surface area contributed by atoms with Crippen molar-refractivity contribution in [3.63, 3.8) is 0 Å². The first kappa shape index (κ1) is 20.2. The Bertz CT molecular complexity index is 973. The van der Waals surface area contributed by atoms with E-state index in [0.29, 0.717) is 16.0 Å². The first-order valence-corrected chi connectivity index (χ1v) is 10.1. The Hall–Kier alpha value is -2.51. The second-order valence-electron chi connectivity index (χ2n) is 6.36. The van der Waals surface area contributed by atoms with E-state index in [1.165, 1.54) is 11.8 Å². The van der Waals surface area contributed by atoms with Crippen molar-refractivity contribution in [3.05, 3.63) is 64.4 Å². The summed E-state index contributed by atoms with van der Waals surface area (Å²) >= 11 is 7.36. The summed E-state index contributed by atoms with van der Waals surface area (Å²) in [7, 11) is 1.85. The van der Waals surface area contributed by atoms with Crippen LogP contribution in [0.25, 0.3) is 0 Å². The topological polar surface area (TPSA) is 69.0 Å². The SMILES string of the molecule is Cc1ccc(NC(=O)CSc2nnc(COc3ccc(Cl)c(C)c3)n2C)cc1. The molecular weight excluding hydrogens is 396 g/mol. The van der Waals surface area contributed by atoms with Gasteiger partial charge in [0.15, 0.2) is 11.0 Å². The Balaban J connectivity index is 1.53. The summed E-state index contributed by atoms with van der Waals surface area (Å²) in [5, 5.41) is 12.5. The van der Waals surface area contributed by atoms with Crippen molar-refractivity contribution in [2.24, 2.45) is 7.05 Å². The highest BCUT2D eigenvalue weighted by Gasteiger charge is 2.12. The molecule has 1 amide bonds. The molecule has 0 aliphatic rings. The Kier molecular flexibility index (Phi) is 6.59. The number of hydrogen-bond acceptors (Lipinski definition) is 5. The van der Waals surface area contributed by atoms with Crippen molar-refractivity contribution < 1.29 is 9.53 Å². The molecule has 0 saturated heterocycles. The zero-order valence-corrected chi connectivity index (χ0v) is 17.5. The molecule has 1 heterocycles. The standard InChI is InChI=1S/C20H21ClN4O2S/c1-13-4-6-15(7-5-13)22-19(26)12-28-20-24-23-18(25(20)3)11-27-16-8-9-17(21)14(2)10-16/h4-10H,11-12H2,1-3H3,(H,22,26). The number of thioether (sulfide) groups is 1. The molecule has 0 spiro atoms. The summed E-state index contributed by atoms with van der Waals surface area (Å²) in [6.07, 6.45) is 0. The third-order valence-corrected chi connectivity index (χ3v) is 5.53. The molecule has 28 heavy (non-hydrogen) atoms. The van der Waals surface area contributed by atoms with E-state index in [0.717, 1.165) is 22.6 Å². The molecule has 2 aromatic carbocycles. The van der Waals surface area contributed by atoms with Crippen LogP contribution >= 0.6 is 23.4 Å². The molecule has 0 saturated carbocycles. The summed E-state index contributed by atoms with van der Waals surface area (Å²) < 4.78 is 7.59. The number of aromatic nitrogens is 3. The quantitative estimate of drug-likeness (QED) is 0.578. The average molecular weight is 417 g/mol. The van der Waals surface area contributed by atoms with Crippen LogP contribution in [0, 0.1) is 13.8 Å². The normalized spacial score (nSPS) is 10.7. The zero-order chi connectivity index (χ0) is 20.1. The number of halogens is 1. The minimum Gasteiger partial charge on any atom is -0.486 e. The van der Waals surface area contributed by atoms with Crippen LogP contribution in [0.1, 0.15) is 17.0 Å². The molecule has 0 radical (unpaired) electrons. The van der Waals surface area contributed by atoms with Gasteiger partial charge in [0.05, 0.1) is 5.75 Å². The molecule has 0 fully saturated rings. The van der Waals surface area contributed by atoms with Crippen molar-refractivity contribution in [2.45, 2.75) is 25.6 Å². The highest BCUT2D eigenvalue weighted by molar-refractivity contribution is 7.99. The van der Waals surface area contributed by atoms with Crippen LogP contribution in [-0.4, -0.2) is 26.4 Å². The number of carbonyl (C=O) groups excluding carboxylic acids is 1. The number of hydrogen-bond donors (Lipinski definition) is 1. The molecule has 0 atom stereocenters. The maximum Gasteiger partial charge on any atom is 0.234 e. The molecule has 6 nitrogen and oxygen atoms in total. The fourth-order valence-corrected chi connectivity index (χ4v) is 3.26. The zero-order valence-electron chi connectivity index (χ0n) is 15.9. The fourth-order valence-electron chi connectivity index (χ4n) is 2.42. The Morgan fingerprint density at radius 2 is 1.93 bits per heavy atom. The predicted octanol–water partition coefficient (Wildman–Crippen LogP) is 4.40. The van der Waals surface area contributed by atoms with Crippen LogP contribution in [0.3, 0.4) is 0 Å². The second-order valence-corrected chi connectivity index (χ2v) is 7.71. The lowest BCUT2D eigenvalue weighted by Crippen LogP contribution is -2.14. The number of benzene rings is 2. The third-order valence-electron chi connectivity index (χ3n) is 4.09. The van der Waals surface area contributed by atoms with E-state index in [2.05, 4.69) is 15.5 Å². The summed E-state index contributed by atoms with van der Waals surface area (Å²) in [4.78, 5) is 12.1. The molecular formula is C20H21ClN4O2S.